The minimum atomic E-state index is -0.987. The Kier molecular flexibility index (Phi) is 5.97. The zero-order valence-electron chi connectivity index (χ0n) is 16.1. The average Bonchev–Trinajstić information content (AvgIpc) is 2.71. The van der Waals surface area contributed by atoms with E-state index >= 15 is 0 Å². The molecule has 1 amide bonds. The number of ether oxygens (including phenoxy) is 1. The van der Waals surface area contributed by atoms with Gasteiger partial charge in [-0.1, -0.05) is 19.1 Å². The van der Waals surface area contributed by atoms with Crippen LogP contribution in [0.3, 0.4) is 0 Å². The van der Waals surface area contributed by atoms with Crippen LogP contribution in [-0.2, 0) is 6.61 Å². The van der Waals surface area contributed by atoms with Gasteiger partial charge in [-0.3, -0.25) is 4.79 Å². The molecule has 0 aliphatic heterocycles. The zero-order valence-corrected chi connectivity index (χ0v) is 16.1. The lowest BCUT2D eigenvalue weighted by molar-refractivity contribution is 0.0696. The molecular weight excluding hydrogens is 374 g/mol. The molecule has 0 saturated carbocycles. The Bertz CT molecular complexity index is 1100. The molecule has 0 saturated heterocycles. The number of benzene rings is 2. The van der Waals surface area contributed by atoms with Gasteiger partial charge in [0, 0.05) is 17.5 Å². The van der Waals surface area contributed by atoms with Gasteiger partial charge in [-0.2, -0.15) is 0 Å². The first-order chi connectivity index (χ1) is 13.9. The third-order valence-corrected chi connectivity index (χ3v) is 4.55. The molecule has 1 heterocycles. The molecule has 1 aromatic heterocycles. The number of hydrogen-bond donors (Lipinski definition) is 2. The van der Waals surface area contributed by atoms with Crippen molar-refractivity contribution in [2.75, 3.05) is 0 Å². The number of amides is 1. The monoisotopic (exact) mass is 395 g/mol. The van der Waals surface area contributed by atoms with Crippen LogP contribution < -0.4 is 15.7 Å². The van der Waals surface area contributed by atoms with Crippen LogP contribution in [0.4, 0.5) is 0 Å². The first kappa shape index (κ1) is 20.1. The molecule has 1 atom stereocenters. The van der Waals surface area contributed by atoms with Crippen molar-refractivity contribution in [2.45, 2.75) is 32.9 Å². The molecule has 7 heteroatoms. The van der Waals surface area contributed by atoms with E-state index in [0.29, 0.717) is 16.7 Å². The molecular formula is C22H21NO6. The minimum Gasteiger partial charge on any atom is -0.489 e. The molecule has 0 radical (unpaired) electrons. The van der Waals surface area contributed by atoms with Gasteiger partial charge in [-0.15, -0.1) is 0 Å². The molecule has 7 nitrogen and oxygen atoms in total. The predicted octanol–water partition coefficient (Wildman–Crippen LogP) is 3.60. The van der Waals surface area contributed by atoms with Crippen LogP contribution in [-0.4, -0.2) is 23.0 Å². The second-order valence-electron chi connectivity index (χ2n) is 6.72. The lowest BCUT2D eigenvalue weighted by Crippen LogP contribution is -2.34. The van der Waals surface area contributed by atoms with Crippen molar-refractivity contribution in [2.24, 2.45) is 0 Å². The van der Waals surface area contributed by atoms with E-state index in [1.807, 2.05) is 13.8 Å². The second-order valence-corrected chi connectivity index (χ2v) is 6.72. The molecule has 0 aliphatic carbocycles. The van der Waals surface area contributed by atoms with Gasteiger partial charge in [0.1, 0.15) is 23.5 Å². The summed E-state index contributed by atoms with van der Waals surface area (Å²) in [6.45, 7) is 4.03. The fourth-order valence-corrected chi connectivity index (χ4v) is 2.65. The Morgan fingerprint density at radius 1 is 1.14 bits per heavy atom. The van der Waals surface area contributed by atoms with E-state index in [0.717, 1.165) is 12.0 Å². The predicted molar refractivity (Wildman–Crippen MR) is 107 cm³/mol. The van der Waals surface area contributed by atoms with Crippen molar-refractivity contribution in [3.05, 3.63) is 75.6 Å². The van der Waals surface area contributed by atoms with E-state index < -0.39 is 17.5 Å². The maximum Gasteiger partial charge on any atom is 0.349 e. The van der Waals surface area contributed by atoms with Gasteiger partial charge in [0.05, 0.1) is 5.56 Å². The zero-order chi connectivity index (χ0) is 21.0. The molecule has 2 N–H and O–H groups in total. The molecule has 0 aliphatic rings. The standard InChI is InChI=1S/C22H21NO6/c1-3-13(2)23-20(24)18-10-16-8-9-17(11-19(16)29-22(18)27)28-12-14-4-6-15(7-5-14)21(25)26/h4-11,13H,3,12H2,1-2H3,(H,23,24)(H,25,26). The van der Waals surface area contributed by atoms with Gasteiger partial charge in [-0.05, 0) is 49.2 Å². The summed E-state index contributed by atoms with van der Waals surface area (Å²) < 4.78 is 11.0. The fourth-order valence-electron chi connectivity index (χ4n) is 2.65. The lowest BCUT2D eigenvalue weighted by atomic mass is 10.1. The summed E-state index contributed by atoms with van der Waals surface area (Å²) >= 11 is 0. The van der Waals surface area contributed by atoms with Crippen molar-refractivity contribution in [3.63, 3.8) is 0 Å². The van der Waals surface area contributed by atoms with Gasteiger partial charge in [0.25, 0.3) is 5.91 Å². The summed E-state index contributed by atoms with van der Waals surface area (Å²) in [6.07, 6.45) is 0.754. The summed E-state index contributed by atoms with van der Waals surface area (Å²) in [5.41, 5.74) is 0.571. The molecule has 150 valence electrons. The van der Waals surface area contributed by atoms with E-state index in [4.69, 9.17) is 14.3 Å². The second kappa shape index (κ2) is 8.60. The first-order valence-electron chi connectivity index (χ1n) is 9.21. The normalized spacial score (nSPS) is 11.8. The van der Waals surface area contributed by atoms with Crippen LogP contribution in [0.5, 0.6) is 5.75 Å². The Hall–Kier alpha value is -3.61. The van der Waals surface area contributed by atoms with Gasteiger partial charge in [0.2, 0.25) is 0 Å². The number of aromatic carboxylic acids is 1. The Morgan fingerprint density at radius 2 is 1.86 bits per heavy atom. The van der Waals surface area contributed by atoms with Crippen molar-refractivity contribution in [3.8, 4) is 5.75 Å². The third-order valence-electron chi connectivity index (χ3n) is 4.55. The number of hydrogen-bond acceptors (Lipinski definition) is 5. The van der Waals surface area contributed by atoms with Crippen LogP contribution in [0.1, 0.15) is 46.5 Å². The van der Waals surface area contributed by atoms with Gasteiger partial charge in [0.15, 0.2) is 0 Å². The number of carbonyl (C=O) groups excluding carboxylic acids is 1. The fraction of sp³-hybridized carbons (Fsp3) is 0.227. The smallest absolute Gasteiger partial charge is 0.349 e. The average molecular weight is 395 g/mol. The molecule has 0 spiro atoms. The van der Waals surface area contributed by atoms with Crippen molar-refractivity contribution in [1.29, 1.82) is 0 Å². The Balaban J connectivity index is 1.76. The Morgan fingerprint density at radius 3 is 2.52 bits per heavy atom. The van der Waals surface area contributed by atoms with Gasteiger partial charge >= 0.3 is 11.6 Å². The van der Waals surface area contributed by atoms with Crippen LogP contribution in [0.2, 0.25) is 0 Å². The SMILES string of the molecule is CCC(C)NC(=O)c1cc2ccc(OCc3ccc(C(=O)O)cc3)cc2oc1=O. The van der Waals surface area contributed by atoms with Crippen LogP contribution in [0.25, 0.3) is 11.0 Å². The van der Waals surface area contributed by atoms with Crippen molar-refractivity contribution >= 4 is 22.8 Å². The summed E-state index contributed by atoms with van der Waals surface area (Å²) in [7, 11) is 0. The number of carbonyl (C=O) groups is 2. The number of carboxylic acid groups (broad SMARTS) is 1. The van der Waals surface area contributed by atoms with Crippen molar-refractivity contribution < 1.29 is 23.8 Å². The number of fused-ring (bicyclic) bond motifs is 1. The van der Waals surface area contributed by atoms with Crippen LogP contribution in [0.15, 0.2) is 57.7 Å². The molecule has 3 rings (SSSR count). The van der Waals surface area contributed by atoms with Gasteiger partial charge in [-0.25, -0.2) is 9.59 Å². The highest BCUT2D eigenvalue weighted by molar-refractivity contribution is 5.96. The summed E-state index contributed by atoms with van der Waals surface area (Å²) in [6, 6.07) is 12.8. The van der Waals surface area contributed by atoms with E-state index in [9.17, 15) is 14.4 Å². The third kappa shape index (κ3) is 4.82. The lowest BCUT2D eigenvalue weighted by Gasteiger charge is -2.11. The van der Waals surface area contributed by atoms with Crippen LogP contribution in [0, 0.1) is 0 Å². The largest absolute Gasteiger partial charge is 0.489 e. The highest BCUT2D eigenvalue weighted by Gasteiger charge is 2.15. The van der Waals surface area contributed by atoms with Gasteiger partial charge < -0.3 is 19.6 Å². The molecule has 0 fully saturated rings. The molecule has 3 aromatic rings. The van der Waals surface area contributed by atoms with E-state index in [1.165, 1.54) is 18.2 Å². The van der Waals surface area contributed by atoms with E-state index in [1.54, 1.807) is 30.3 Å². The molecule has 0 bridgehead atoms. The number of rotatable bonds is 7. The molecule has 2 aromatic carbocycles. The highest BCUT2D eigenvalue weighted by atomic mass is 16.5. The van der Waals surface area contributed by atoms with Crippen molar-refractivity contribution in [1.82, 2.24) is 5.32 Å². The van der Waals surface area contributed by atoms with E-state index in [2.05, 4.69) is 5.32 Å². The number of carboxylic acids is 1. The Labute approximate surface area is 166 Å². The topological polar surface area (TPSA) is 106 Å². The summed E-state index contributed by atoms with van der Waals surface area (Å²) in [5, 5.41) is 12.3. The maximum atomic E-state index is 12.2. The highest BCUT2D eigenvalue weighted by Crippen LogP contribution is 2.21. The summed E-state index contributed by atoms with van der Waals surface area (Å²) in [4.78, 5) is 35.3. The number of nitrogens with one attached hydrogen (secondary N) is 1. The minimum absolute atomic E-state index is 0.0370. The summed E-state index contributed by atoms with van der Waals surface area (Å²) in [5.74, 6) is -0.959. The van der Waals surface area contributed by atoms with Crippen LogP contribution >= 0.6 is 0 Å². The quantitative estimate of drug-likeness (QED) is 0.592. The first-order valence-corrected chi connectivity index (χ1v) is 9.21. The van der Waals surface area contributed by atoms with E-state index in [-0.39, 0.29) is 23.8 Å². The molecule has 29 heavy (non-hydrogen) atoms. The maximum absolute atomic E-state index is 12.2. The molecule has 1 unspecified atom stereocenters.